The van der Waals surface area contributed by atoms with Crippen molar-refractivity contribution in [3.63, 3.8) is 0 Å². The molecule has 0 spiro atoms. The number of nitrogens with one attached hydrogen (secondary N) is 2. The first-order chi connectivity index (χ1) is 6.47. The van der Waals surface area contributed by atoms with Crippen LogP contribution in [-0.4, -0.2) is 37.0 Å². The molecule has 2 unspecified atom stereocenters. The van der Waals surface area contributed by atoms with E-state index >= 15 is 0 Å². The van der Waals surface area contributed by atoms with Gasteiger partial charge in [-0.05, 0) is 13.8 Å². The molecular formula is C8H18N4O2. The summed E-state index contributed by atoms with van der Waals surface area (Å²) in [4.78, 5) is 21.9. The quantitative estimate of drug-likeness (QED) is 0.410. The van der Waals surface area contributed by atoms with E-state index in [0.29, 0.717) is 6.54 Å². The van der Waals surface area contributed by atoms with Gasteiger partial charge in [0.25, 0.3) is 0 Å². The van der Waals surface area contributed by atoms with E-state index in [1.54, 1.807) is 13.8 Å². The SMILES string of the molecule is CC(CNC(=O)CN)NC(=O)C(C)N. The van der Waals surface area contributed by atoms with Crippen LogP contribution in [0.4, 0.5) is 0 Å². The first kappa shape index (κ1) is 12.9. The zero-order valence-corrected chi connectivity index (χ0v) is 8.54. The fourth-order valence-electron chi connectivity index (χ4n) is 0.764. The molecule has 0 aromatic carbocycles. The van der Waals surface area contributed by atoms with Gasteiger partial charge in [0.2, 0.25) is 11.8 Å². The Balaban J connectivity index is 3.70. The molecule has 0 aromatic heterocycles. The van der Waals surface area contributed by atoms with Crippen molar-refractivity contribution < 1.29 is 9.59 Å². The minimum absolute atomic E-state index is 0.0477. The Labute approximate surface area is 83.4 Å². The smallest absolute Gasteiger partial charge is 0.236 e. The van der Waals surface area contributed by atoms with Crippen LogP contribution in [0.5, 0.6) is 0 Å². The van der Waals surface area contributed by atoms with Crippen LogP contribution in [0.15, 0.2) is 0 Å². The Morgan fingerprint density at radius 3 is 2.36 bits per heavy atom. The normalized spacial score (nSPS) is 14.3. The molecule has 0 saturated heterocycles. The van der Waals surface area contributed by atoms with Crippen LogP contribution in [0.3, 0.4) is 0 Å². The minimum Gasteiger partial charge on any atom is -0.353 e. The predicted molar refractivity (Wildman–Crippen MR) is 53.3 cm³/mol. The minimum atomic E-state index is -0.539. The number of nitrogens with two attached hydrogens (primary N) is 2. The first-order valence-electron chi connectivity index (χ1n) is 4.50. The van der Waals surface area contributed by atoms with Crippen LogP contribution in [0.1, 0.15) is 13.8 Å². The third-order valence-corrected chi connectivity index (χ3v) is 1.59. The number of carbonyl (C=O) groups is 2. The zero-order chi connectivity index (χ0) is 11.1. The summed E-state index contributed by atoms with van der Waals surface area (Å²) in [7, 11) is 0. The largest absolute Gasteiger partial charge is 0.353 e. The molecule has 0 rings (SSSR count). The average molecular weight is 202 g/mol. The molecule has 0 aromatic rings. The number of hydrogen-bond donors (Lipinski definition) is 4. The van der Waals surface area contributed by atoms with Crippen LogP contribution < -0.4 is 22.1 Å². The molecule has 0 bridgehead atoms. The Bertz CT molecular complexity index is 206. The second-order valence-electron chi connectivity index (χ2n) is 3.21. The summed E-state index contributed by atoms with van der Waals surface area (Å²) in [5.74, 6) is -0.480. The van der Waals surface area contributed by atoms with Gasteiger partial charge < -0.3 is 22.1 Å². The third kappa shape index (κ3) is 5.50. The predicted octanol–water partition coefficient (Wildman–Crippen LogP) is -2.09. The summed E-state index contributed by atoms with van der Waals surface area (Å²) >= 11 is 0. The summed E-state index contributed by atoms with van der Waals surface area (Å²) in [6, 6.07) is -0.688. The van der Waals surface area contributed by atoms with E-state index < -0.39 is 6.04 Å². The molecule has 0 radical (unpaired) electrons. The lowest BCUT2D eigenvalue weighted by Gasteiger charge is -2.15. The fourth-order valence-corrected chi connectivity index (χ4v) is 0.764. The van der Waals surface area contributed by atoms with Crippen molar-refractivity contribution in [1.29, 1.82) is 0 Å². The molecule has 0 aliphatic heterocycles. The average Bonchev–Trinajstić information content (AvgIpc) is 2.13. The molecule has 0 aliphatic carbocycles. The van der Waals surface area contributed by atoms with Gasteiger partial charge in [0, 0.05) is 12.6 Å². The lowest BCUT2D eigenvalue weighted by molar-refractivity contribution is -0.123. The highest BCUT2D eigenvalue weighted by atomic mass is 16.2. The van der Waals surface area contributed by atoms with Gasteiger partial charge in [-0.1, -0.05) is 0 Å². The van der Waals surface area contributed by atoms with E-state index in [-0.39, 0.29) is 24.4 Å². The van der Waals surface area contributed by atoms with E-state index in [1.807, 2.05) is 0 Å². The lowest BCUT2D eigenvalue weighted by Crippen LogP contribution is -2.47. The maximum absolute atomic E-state index is 11.1. The molecule has 2 amide bonds. The molecule has 0 aliphatic rings. The molecule has 14 heavy (non-hydrogen) atoms. The summed E-state index contributed by atoms with van der Waals surface area (Å²) in [5.41, 5.74) is 10.4. The second kappa shape index (κ2) is 6.33. The van der Waals surface area contributed by atoms with Crippen molar-refractivity contribution in [1.82, 2.24) is 10.6 Å². The van der Waals surface area contributed by atoms with E-state index in [1.165, 1.54) is 0 Å². The standard InChI is InChI=1S/C8H18N4O2/c1-5(4-11-7(13)3-9)12-8(14)6(2)10/h5-6H,3-4,9-10H2,1-2H3,(H,11,13)(H,12,14). The molecule has 6 N–H and O–H groups in total. The first-order valence-corrected chi connectivity index (χ1v) is 4.50. The second-order valence-corrected chi connectivity index (χ2v) is 3.21. The zero-order valence-electron chi connectivity index (χ0n) is 8.54. The maximum Gasteiger partial charge on any atom is 0.236 e. The van der Waals surface area contributed by atoms with Crippen LogP contribution in [0.25, 0.3) is 0 Å². The Morgan fingerprint density at radius 1 is 1.36 bits per heavy atom. The van der Waals surface area contributed by atoms with Crippen molar-refractivity contribution in [2.45, 2.75) is 25.9 Å². The van der Waals surface area contributed by atoms with E-state index in [2.05, 4.69) is 10.6 Å². The van der Waals surface area contributed by atoms with Crippen molar-refractivity contribution in [3.8, 4) is 0 Å². The summed E-state index contributed by atoms with van der Waals surface area (Å²) in [5, 5.41) is 5.20. The Hall–Kier alpha value is -1.14. The lowest BCUT2D eigenvalue weighted by atomic mass is 10.3. The Morgan fingerprint density at radius 2 is 1.93 bits per heavy atom. The molecule has 82 valence electrons. The van der Waals surface area contributed by atoms with Crippen molar-refractivity contribution in [2.24, 2.45) is 11.5 Å². The topological polar surface area (TPSA) is 110 Å². The van der Waals surface area contributed by atoms with Gasteiger partial charge in [0.15, 0.2) is 0 Å². The maximum atomic E-state index is 11.1. The van der Waals surface area contributed by atoms with Crippen molar-refractivity contribution >= 4 is 11.8 Å². The van der Waals surface area contributed by atoms with Gasteiger partial charge in [0.05, 0.1) is 12.6 Å². The third-order valence-electron chi connectivity index (χ3n) is 1.59. The molecule has 0 heterocycles. The van der Waals surface area contributed by atoms with Gasteiger partial charge in [-0.25, -0.2) is 0 Å². The number of carbonyl (C=O) groups excluding carboxylic acids is 2. The van der Waals surface area contributed by atoms with Gasteiger partial charge in [-0.3, -0.25) is 9.59 Å². The van der Waals surface area contributed by atoms with E-state index in [0.717, 1.165) is 0 Å². The van der Waals surface area contributed by atoms with E-state index in [4.69, 9.17) is 11.5 Å². The molecule has 2 atom stereocenters. The highest BCUT2D eigenvalue weighted by Gasteiger charge is 2.11. The molecule has 0 fully saturated rings. The molecular weight excluding hydrogens is 184 g/mol. The van der Waals surface area contributed by atoms with Crippen LogP contribution in [0, 0.1) is 0 Å². The van der Waals surface area contributed by atoms with Gasteiger partial charge in [-0.15, -0.1) is 0 Å². The van der Waals surface area contributed by atoms with Crippen molar-refractivity contribution in [2.75, 3.05) is 13.1 Å². The Kier molecular flexibility index (Phi) is 5.82. The fraction of sp³-hybridized carbons (Fsp3) is 0.750. The van der Waals surface area contributed by atoms with Crippen LogP contribution in [-0.2, 0) is 9.59 Å². The number of hydrogen-bond acceptors (Lipinski definition) is 4. The summed E-state index contributed by atoms with van der Waals surface area (Å²) < 4.78 is 0. The number of rotatable bonds is 5. The van der Waals surface area contributed by atoms with Crippen LogP contribution in [0.2, 0.25) is 0 Å². The molecule has 6 heteroatoms. The summed E-state index contributed by atoms with van der Waals surface area (Å²) in [6.07, 6.45) is 0. The molecule has 0 saturated carbocycles. The van der Waals surface area contributed by atoms with Gasteiger partial charge >= 0.3 is 0 Å². The highest BCUT2D eigenvalue weighted by molar-refractivity contribution is 5.81. The van der Waals surface area contributed by atoms with Gasteiger partial charge in [-0.2, -0.15) is 0 Å². The summed E-state index contributed by atoms with van der Waals surface area (Å²) in [6.45, 7) is 3.68. The van der Waals surface area contributed by atoms with Gasteiger partial charge in [0.1, 0.15) is 0 Å². The molecule has 6 nitrogen and oxygen atoms in total. The van der Waals surface area contributed by atoms with Crippen molar-refractivity contribution in [3.05, 3.63) is 0 Å². The van der Waals surface area contributed by atoms with E-state index in [9.17, 15) is 9.59 Å². The monoisotopic (exact) mass is 202 g/mol. The highest BCUT2D eigenvalue weighted by Crippen LogP contribution is 1.82. The van der Waals surface area contributed by atoms with Crippen LogP contribution >= 0.6 is 0 Å². The number of amides is 2.